The first-order valence-electron chi connectivity index (χ1n) is 6.23. The van der Waals surface area contributed by atoms with E-state index in [4.69, 9.17) is 17.3 Å². The summed E-state index contributed by atoms with van der Waals surface area (Å²) in [5, 5.41) is 4.74. The van der Waals surface area contributed by atoms with E-state index >= 15 is 0 Å². The Morgan fingerprint density at radius 1 is 1.05 bits per heavy atom. The lowest BCUT2D eigenvalue weighted by atomic mass is 10.2. The molecule has 0 saturated carbocycles. The van der Waals surface area contributed by atoms with Crippen molar-refractivity contribution < 1.29 is 4.79 Å². The van der Waals surface area contributed by atoms with Crippen LogP contribution in [0.25, 0.3) is 11.4 Å². The minimum atomic E-state index is -0.348. The number of nitrogen functional groups attached to an aromatic ring is 1. The average molecular weight is 299 g/mol. The summed E-state index contributed by atoms with van der Waals surface area (Å²) in [6.07, 6.45) is 0. The van der Waals surface area contributed by atoms with E-state index in [9.17, 15) is 4.79 Å². The van der Waals surface area contributed by atoms with Crippen molar-refractivity contribution in [3.63, 3.8) is 0 Å². The Morgan fingerprint density at radius 3 is 2.38 bits per heavy atom. The normalized spacial score (nSPS) is 10.5. The topological polar surface area (TPSA) is 73.8 Å². The van der Waals surface area contributed by atoms with Gasteiger partial charge in [-0.15, -0.1) is 5.10 Å². The van der Waals surface area contributed by atoms with Crippen LogP contribution in [0.3, 0.4) is 0 Å². The highest BCUT2D eigenvalue weighted by Gasteiger charge is 2.16. The number of rotatable bonds is 2. The molecule has 1 aromatic heterocycles. The highest BCUT2D eigenvalue weighted by Crippen LogP contribution is 2.17. The molecular formula is C15H11ClN4O. The van der Waals surface area contributed by atoms with Gasteiger partial charge in [0, 0.05) is 16.1 Å². The van der Waals surface area contributed by atoms with Gasteiger partial charge in [0.05, 0.1) is 0 Å². The summed E-state index contributed by atoms with van der Waals surface area (Å²) >= 11 is 5.81. The minimum absolute atomic E-state index is 0.0498. The van der Waals surface area contributed by atoms with Crippen LogP contribution in [0.4, 0.5) is 5.95 Å². The van der Waals surface area contributed by atoms with Gasteiger partial charge in [-0.2, -0.15) is 9.67 Å². The van der Waals surface area contributed by atoms with Crippen molar-refractivity contribution in [2.45, 2.75) is 0 Å². The molecule has 3 rings (SSSR count). The fraction of sp³-hybridized carbons (Fsp3) is 0. The SMILES string of the molecule is Nc1nc(-c2ccccc2)nn1C(=O)c1ccc(Cl)cc1. The number of carbonyl (C=O) groups excluding carboxylic acids is 1. The Bertz CT molecular complexity index is 781. The van der Waals surface area contributed by atoms with Crippen LogP contribution in [0.1, 0.15) is 10.4 Å². The van der Waals surface area contributed by atoms with Crippen LogP contribution in [-0.4, -0.2) is 20.7 Å². The van der Waals surface area contributed by atoms with Gasteiger partial charge in [-0.25, -0.2) is 0 Å². The molecule has 0 unspecified atom stereocenters. The minimum Gasteiger partial charge on any atom is -0.368 e. The monoisotopic (exact) mass is 298 g/mol. The van der Waals surface area contributed by atoms with E-state index in [0.717, 1.165) is 10.2 Å². The van der Waals surface area contributed by atoms with Crippen LogP contribution in [0.2, 0.25) is 5.02 Å². The number of benzene rings is 2. The maximum atomic E-state index is 12.4. The zero-order chi connectivity index (χ0) is 14.8. The molecule has 0 saturated heterocycles. The molecular weight excluding hydrogens is 288 g/mol. The van der Waals surface area contributed by atoms with E-state index in [1.165, 1.54) is 0 Å². The predicted molar refractivity (Wildman–Crippen MR) is 81.1 cm³/mol. The second-order valence-electron chi connectivity index (χ2n) is 4.38. The number of halogens is 1. The van der Waals surface area contributed by atoms with Crippen molar-refractivity contribution in [3.05, 3.63) is 65.2 Å². The fourth-order valence-corrected chi connectivity index (χ4v) is 2.02. The smallest absolute Gasteiger partial charge is 0.281 e. The standard InChI is InChI=1S/C15H11ClN4O/c16-12-8-6-11(7-9-12)14(21)20-15(17)18-13(19-20)10-4-2-1-3-5-10/h1-9H,(H2,17,18,19). The van der Waals surface area contributed by atoms with E-state index in [1.807, 2.05) is 30.3 Å². The molecule has 0 aliphatic heterocycles. The first-order valence-corrected chi connectivity index (χ1v) is 6.61. The molecule has 0 bridgehead atoms. The van der Waals surface area contributed by atoms with E-state index in [0.29, 0.717) is 16.4 Å². The third kappa shape index (κ3) is 2.64. The lowest BCUT2D eigenvalue weighted by Gasteiger charge is -2.01. The number of nitrogens with zero attached hydrogens (tertiary/aromatic N) is 3. The summed E-state index contributed by atoms with van der Waals surface area (Å²) in [5.74, 6) is 0.114. The molecule has 0 aliphatic carbocycles. The molecule has 2 aromatic carbocycles. The molecule has 1 heterocycles. The Balaban J connectivity index is 1.98. The summed E-state index contributed by atoms with van der Waals surface area (Å²) in [6.45, 7) is 0. The molecule has 0 spiro atoms. The van der Waals surface area contributed by atoms with Crippen molar-refractivity contribution in [1.29, 1.82) is 0 Å². The molecule has 2 N–H and O–H groups in total. The second kappa shape index (κ2) is 5.38. The van der Waals surface area contributed by atoms with Gasteiger partial charge < -0.3 is 5.73 Å². The first-order chi connectivity index (χ1) is 10.1. The number of hydrogen-bond donors (Lipinski definition) is 1. The quantitative estimate of drug-likeness (QED) is 0.789. The van der Waals surface area contributed by atoms with Crippen LogP contribution >= 0.6 is 11.6 Å². The van der Waals surface area contributed by atoms with Gasteiger partial charge in [0.15, 0.2) is 5.82 Å². The van der Waals surface area contributed by atoms with E-state index in [1.54, 1.807) is 24.3 Å². The van der Waals surface area contributed by atoms with E-state index in [-0.39, 0.29) is 11.9 Å². The number of hydrogen-bond acceptors (Lipinski definition) is 4. The maximum absolute atomic E-state index is 12.4. The Kier molecular flexibility index (Phi) is 3.41. The van der Waals surface area contributed by atoms with Gasteiger partial charge in [-0.05, 0) is 24.3 Å². The Morgan fingerprint density at radius 2 is 1.71 bits per heavy atom. The summed E-state index contributed by atoms with van der Waals surface area (Å²) < 4.78 is 1.09. The van der Waals surface area contributed by atoms with Gasteiger partial charge in [0.25, 0.3) is 5.91 Å². The molecule has 21 heavy (non-hydrogen) atoms. The molecule has 104 valence electrons. The first kappa shape index (κ1) is 13.3. The van der Waals surface area contributed by atoms with Gasteiger partial charge in [0.1, 0.15) is 0 Å². The average Bonchev–Trinajstić information content (AvgIpc) is 2.90. The van der Waals surface area contributed by atoms with Gasteiger partial charge in [0.2, 0.25) is 5.95 Å². The van der Waals surface area contributed by atoms with E-state index in [2.05, 4.69) is 10.1 Å². The molecule has 0 amide bonds. The number of nitrogens with two attached hydrogens (primary N) is 1. The van der Waals surface area contributed by atoms with Crippen LogP contribution in [-0.2, 0) is 0 Å². The summed E-state index contributed by atoms with van der Waals surface area (Å²) in [7, 11) is 0. The fourth-order valence-electron chi connectivity index (χ4n) is 1.90. The lowest BCUT2D eigenvalue weighted by molar-refractivity contribution is 0.0948. The molecule has 0 radical (unpaired) electrons. The molecule has 5 nitrogen and oxygen atoms in total. The van der Waals surface area contributed by atoms with Gasteiger partial charge >= 0.3 is 0 Å². The van der Waals surface area contributed by atoms with Crippen molar-refractivity contribution in [2.24, 2.45) is 0 Å². The number of anilines is 1. The molecule has 3 aromatic rings. The molecule has 0 fully saturated rings. The summed E-state index contributed by atoms with van der Waals surface area (Å²) in [5.41, 5.74) is 7.03. The van der Waals surface area contributed by atoms with Gasteiger partial charge in [-0.1, -0.05) is 41.9 Å². The van der Waals surface area contributed by atoms with Crippen LogP contribution < -0.4 is 5.73 Å². The van der Waals surface area contributed by atoms with Crippen molar-refractivity contribution in [2.75, 3.05) is 5.73 Å². The van der Waals surface area contributed by atoms with Gasteiger partial charge in [-0.3, -0.25) is 4.79 Å². The largest absolute Gasteiger partial charge is 0.368 e. The zero-order valence-electron chi connectivity index (χ0n) is 10.9. The van der Waals surface area contributed by atoms with Crippen LogP contribution in [0.15, 0.2) is 54.6 Å². The third-order valence-corrected chi connectivity index (χ3v) is 3.20. The number of aromatic nitrogens is 3. The van der Waals surface area contributed by atoms with Crippen LogP contribution in [0, 0.1) is 0 Å². The zero-order valence-corrected chi connectivity index (χ0v) is 11.7. The van der Waals surface area contributed by atoms with Crippen molar-refractivity contribution in [1.82, 2.24) is 14.8 Å². The second-order valence-corrected chi connectivity index (χ2v) is 4.82. The lowest BCUT2D eigenvalue weighted by Crippen LogP contribution is -2.16. The Labute approximate surface area is 126 Å². The summed E-state index contributed by atoms with van der Waals surface area (Å²) in [4.78, 5) is 16.5. The van der Waals surface area contributed by atoms with Crippen LogP contribution in [0.5, 0.6) is 0 Å². The highest BCUT2D eigenvalue weighted by molar-refractivity contribution is 6.30. The Hall–Kier alpha value is -2.66. The molecule has 0 aliphatic rings. The van der Waals surface area contributed by atoms with Crippen molar-refractivity contribution in [3.8, 4) is 11.4 Å². The highest BCUT2D eigenvalue weighted by atomic mass is 35.5. The van der Waals surface area contributed by atoms with E-state index < -0.39 is 0 Å². The van der Waals surface area contributed by atoms with Crippen molar-refractivity contribution >= 4 is 23.5 Å². The maximum Gasteiger partial charge on any atom is 0.281 e. The molecule has 6 heteroatoms. The third-order valence-electron chi connectivity index (χ3n) is 2.95. The summed E-state index contributed by atoms with van der Waals surface area (Å²) in [6, 6.07) is 15.9. The predicted octanol–water partition coefficient (Wildman–Crippen LogP) is 2.87. The molecule has 0 atom stereocenters. The number of carbonyl (C=O) groups is 1.